The molecule has 0 spiro atoms. The van der Waals surface area contributed by atoms with Crippen molar-refractivity contribution in [1.82, 2.24) is 4.31 Å². The molecule has 0 aromatic heterocycles. The van der Waals surface area contributed by atoms with Crippen molar-refractivity contribution in [3.05, 3.63) is 53.6 Å². The summed E-state index contributed by atoms with van der Waals surface area (Å²) in [5.41, 5.74) is 3.25. The van der Waals surface area contributed by atoms with Crippen molar-refractivity contribution < 1.29 is 17.9 Å². The van der Waals surface area contributed by atoms with Crippen LogP contribution in [0.1, 0.15) is 36.2 Å². The van der Waals surface area contributed by atoms with E-state index < -0.39 is 10.0 Å². The zero-order chi connectivity index (χ0) is 22.7. The molecular formula is C24H31N3O4S. The first-order chi connectivity index (χ1) is 15.5. The first kappa shape index (κ1) is 22.8. The fraction of sp³-hybridized carbons (Fsp3) is 0.458. The zero-order valence-electron chi connectivity index (χ0n) is 18.8. The Morgan fingerprint density at radius 2 is 1.72 bits per heavy atom. The van der Waals surface area contributed by atoms with Crippen LogP contribution in [-0.4, -0.2) is 64.6 Å². The van der Waals surface area contributed by atoms with Gasteiger partial charge in [0.25, 0.3) is 5.91 Å². The number of sulfonamides is 1. The van der Waals surface area contributed by atoms with Crippen molar-refractivity contribution in [1.29, 1.82) is 0 Å². The fourth-order valence-corrected chi connectivity index (χ4v) is 6.01. The molecule has 7 nitrogen and oxygen atoms in total. The third-order valence-electron chi connectivity index (χ3n) is 6.25. The van der Waals surface area contributed by atoms with Gasteiger partial charge in [-0.25, -0.2) is 8.42 Å². The van der Waals surface area contributed by atoms with E-state index in [4.69, 9.17) is 4.74 Å². The van der Waals surface area contributed by atoms with E-state index in [0.29, 0.717) is 51.5 Å². The van der Waals surface area contributed by atoms with Crippen molar-refractivity contribution in [2.75, 3.05) is 55.7 Å². The van der Waals surface area contributed by atoms with Crippen LogP contribution in [0.15, 0.2) is 47.4 Å². The second-order valence-corrected chi connectivity index (χ2v) is 9.99. The Balaban J connectivity index is 1.80. The van der Waals surface area contributed by atoms with Gasteiger partial charge in [0.1, 0.15) is 0 Å². The van der Waals surface area contributed by atoms with Crippen LogP contribution < -0.4 is 9.80 Å². The van der Waals surface area contributed by atoms with E-state index in [9.17, 15) is 13.2 Å². The molecule has 172 valence electrons. The normalized spacial score (nSPS) is 16.8. The van der Waals surface area contributed by atoms with Crippen LogP contribution in [0.5, 0.6) is 0 Å². The lowest BCUT2D eigenvalue weighted by Gasteiger charge is -2.34. The number of carbonyl (C=O) groups is 1. The Hall–Kier alpha value is -2.42. The Labute approximate surface area is 190 Å². The molecule has 2 aliphatic heterocycles. The van der Waals surface area contributed by atoms with Gasteiger partial charge in [-0.1, -0.05) is 32.0 Å². The lowest BCUT2D eigenvalue weighted by Crippen LogP contribution is -2.40. The Morgan fingerprint density at radius 1 is 1.00 bits per heavy atom. The summed E-state index contributed by atoms with van der Waals surface area (Å²) in [6.07, 6.45) is 1.82. The van der Waals surface area contributed by atoms with Crippen molar-refractivity contribution >= 4 is 27.3 Å². The summed E-state index contributed by atoms with van der Waals surface area (Å²) in [4.78, 5) is 17.9. The lowest BCUT2D eigenvalue weighted by molar-refractivity contribution is 0.0983. The highest BCUT2D eigenvalue weighted by molar-refractivity contribution is 7.89. The van der Waals surface area contributed by atoms with Gasteiger partial charge in [0.05, 0.1) is 23.7 Å². The molecule has 0 bridgehead atoms. The molecule has 1 fully saturated rings. The Bertz CT molecular complexity index is 1080. The van der Waals surface area contributed by atoms with E-state index >= 15 is 0 Å². The molecule has 0 saturated carbocycles. The third-order valence-corrected chi connectivity index (χ3v) is 8.29. The number of amides is 1. The standard InChI is InChI=1S/C24H31N3O4S/c1-3-26(4-2)32(29,30)20-11-12-23(25-14-16-31-17-15-25)21(18-20)24(28)27-13-7-9-19-8-5-6-10-22(19)27/h5-6,8,10-12,18H,3-4,7,9,13-17H2,1-2H3. The molecule has 32 heavy (non-hydrogen) atoms. The van der Waals surface area contributed by atoms with E-state index in [0.717, 1.165) is 29.8 Å². The Morgan fingerprint density at radius 3 is 2.44 bits per heavy atom. The zero-order valence-corrected chi connectivity index (χ0v) is 19.6. The van der Waals surface area contributed by atoms with Crippen LogP contribution in [-0.2, 0) is 21.2 Å². The number of rotatable bonds is 6. The quantitative estimate of drug-likeness (QED) is 0.667. The summed E-state index contributed by atoms with van der Waals surface area (Å²) < 4.78 is 33.3. The molecule has 2 aromatic rings. The first-order valence-electron chi connectivity index (χ1n) is 11.3. The minimum absolute atomic E-state index is 0.157. The maximum absolute atomic E-state index is 13.9. The maximum Gasteiger partial charge on any atom is 0.260 e. The molecular weight excluding hydrogens is 426 g/mol. The molecule has 0 unspecified atom stereocenters. The van der Waals surface area contributed by atoms with Gasteiger partial charge in [-0.15, -0.1) is 0 Å². The summed E-state index contributed by atoms with van der Waals surface area (Å²) in [5.74, 6) is -0.157. The maximum atomic E-state index is 13.9. The molecule has 2 heterocycles. The van der Waals surface area contributed by atoms with Crippen molar-refractivity contribution in [3.8, 4) is 0 Å². The molecule has 1 amide bonds. The largest absolute Gasteiger partial charge is 0.378 e. The van der Waals surface area contributed by atoms with Gasteiger partial charge in [0.2, 0.25) is 10.0 Å². The Kier molecular flexibility index (Phi) is 6.83. The van der Waals surface area contributed by atoms with Crippen LogP contribution in [0.25, 0.3) is 0 Å². The molecule has 0 atom stereocenters. The topological polar surface area (TPSA) is 70.2 Å². The molecule has 8 heteroatoms. The van der Waals surface area contributed by atoms with Gasteiger partial charge in [0.15, 0.2) is 0 Å². The summed E-state index contributed by atoms with van der Waals surface area (Å²) >= 11 is 0. The van der Waals surface area contributed by atoms with Crippen LogP contribution in [0.2, 0.25) is 0 Å². The number of para-hydroxylation sites is 1. The van der Waals surface area contributed by atoms with Crippen LogP contribution in [0, 0.1) is 0 Å². The van der Waals surface area contributed by atoms with Crippen molar-refractivity contribution in [2.24, 2.45) is 0 Å². The van der Waals surface area contributed by atoms with Crippen LogP contribution in [0.4, 0.5) is 11.4 Å². The second-order valence-electron chi connectivity index (χ2n) is 8.06. The fourth-order valence-electron chi connectivity index (χ4n) is 4.53. The number of carbonyl (C=O) groups excluding carboxylic acids is 1. The number of nitrogens with zero attached hydrogens (tertiary/aromatic N) is 3. The number of morpholine rings is 1. The van der Waals surface area contributed by atoms with Gasteiger partial charge >= 0.3 is 0 Å². The van der Waals surface area contributed by atoms with Crippen LogP contribution in [0.3, 0.4) is 0 Å². The van der Waals surface area contributed by atoms with Gasteiger partial charge in [0, 0.05) is 44.1 Å². The SMILES string of the molecule is CCN(CC)S(=O)(=O)c1ccc(N2CCOCC2)c(C(=O)N2CCCc3ccccc32)c1. The van der Waals surface area contributed by atoms with Crippen molar-refractivity contribution in [2.45, 2.75) is 31.6 Å². The smallest absolute Gasteiger partial charge is 0.260 e. The number of benzene rings is 2. The average molecular weight is 458 g/mol. The summed E-state index contributed by atoms with van der Waals surface area (Å²) in [7, 11) is -3.68. The highest BCUT2D eigenvalue weighted by Crippen LogP contribution is 2.32. The van der Waals surface area contributed by atoms with Crippen molar-refractivity contribution in [3.63, 3.8) is 0 Å². The van der Waals surface area contributed by atoms with E-state index in [1.807, 2.05) is 32.0 Å². The molecule has 2 aliphatic rings. The minimum atomic E-state index is -3.68. The summed E-state index contributed by atoms with van der Waals surface area (Å²) in [5, 5.41) is 0. The molecule has 4 rings (SSSR count). The number of hydrogen-bond donors (Lipinski definition) is 0. The van der Waals surface area contributed by atoms with Gasteiger partial charge in [-0.2, -0.15) is 4.31 Å². The number of fused-ring (bicyclic) bond motifs is 1. The predicted molar refractivity (Wildman–Crippen MR) is 126 cm³/mol. The molecule has 2 aromatic carbocycles. The van der Waals surface area contributed by atoms with Crippen LogP contribution >= 0.6 is 0 Å². The van der Waals surface area contributed by atoms with Gasteiger partial charge in [-0.05, 0) is 42.7 Å². The highest BCUT2D eigenvalue weighted by Gasteiger charge is 2.30. The number of aryl methyl sites for hydroxylation is 1. The molecule has 1 saturated heterocycles. The number of hydrogen-bond acceptors (Lipinski definition) is 5. The van der Waals surface area contributed by atoms with E-state index in [1.165, 1.54) is 4.31 Å². The lowest BCUT2D eigenvalue weighted by atomic mass is 10.0. The van der Waals surface area contributed by atoms with E-state index in [2.05, 4.69) is 11.0 Å². The molecule has 0 aliphatic carbocycles. The first-order valence-corrected chi connectivity index (χ1v) is 12.8. The van der Waals surface area contributed by atoms with E-state index in [1.54, 1.807) is 23.1 Å². The number of anilines is 2. The van der Waals surface area contributed by atoms with Gasteiger partial charge < -0.3 is 14.5 Å². The van der Waals surface area contributed by atoms with E-state index in [-0.39, 0.29) is 10.8 Å². The van der Waals surface area contributed by atoms with Gasteiger partial charge in [-0.3, -0.25) is 4.79 Å². The highest BCUT2D eigenvalue weighted by atomic mass is 32.2. The molecule has 0 radical (unpaired) electrons. The molecule has 0 N–H and O–H groups in total. The average Bonchev–Trinajstić information content (AvgIpc) is 2.84. The third kappa shape index (κ3) is 4.27. The summed E-state index contributed by atoms with van der Waals surface area (Å²) in [6.45, 7) is 7.52. The minimum Gasteiger partial charge on any atom is -0.378 e. The summed E-state index contributed by atoms with van der Waals surface area (Å²) in [6, 6.07) is 12.9. The predicted octanol–water partition coefficient (Wildman–Crippen LogP) is 3.15. The number of ether oxygens (including phenoxy) is 1. The monoisotopic (exact) mass is 457 g/mol. The second kappa shape index (κ2) is 9.60.